The molecule has 0 fully saturated rings. The minimum absolute atomic E-state index is 0.392. The number of hydrogen-bond donors (Lipinski definition) is 0. The van der Waals surface area contributed by atoms with Gasteiger partial charge in [0.1, 0.15) is 32.1 Å². The van der Waals surface area contributed by atoms with E-state index in [9.17, 15) is 0 Å². The number of benzene rings is 2. The van der Waals surface area contributed by atoms with Crippen molar-refractivity contribution in [3.05, 3.63) is 42.5 Å². The number of fused-ring (bicyclic) bond motifs is 1. The fourth-order valence-corrected chi connectivity index (χ4v) is 2.92. The van der Waals surface area contributed by atoms with Crippen LogP contribution in [0.15, 0.2) is 52.7 Å². The molecule has 0 amide bonds. The summed E-state index contributed by atoms with van der Waals surface area (Å²) in [7, 11) is 6.42. The second kappa shape index (κ2) is 13.9. The van der Waals surface area contributed by atoms with Crippen molar-refractivity contribution in [2.45, 2.75) is 0 Å². The molecule has 186 valence electrons. The van der Waals surface area contributed by atoms with Gasteiger partial charge in [-0.2, -0.15) is 10.2 Å². The molecule has 3 rings (SSSR count). The molecule has 0 aliphatic carbocycles. The van der Waals surface area contributed by atoms with Crippen LogP contribution < -0.4 is 14.2 Å². The van der Waals surface area contributed by atoms with E-state index in [0.29, 0.717) is 76.6 Å². The number of hydrogen-bond acceptors (Lipinski definition) is 8. The van der Waals surface area contributed by atoms with Crippen LogP contribution in [0.5, 0.6) is 17.2 Å². The Balaban J connectivity index is 1.59. The Morgan fingerprint density at radius 1 is 0.676 bits per heavy atom. The Morgan fingerprint density at radius 3 is 1.82 bits per heavy atom. The van der Waals surface area contributed by atoms with E-state index in [-0.39, 0.29) is 0 Å². The van der Waals surface area contributed by atoms with Crippen molar-refractivity contribution in [1.82, 2.24) is 0 Å². The monoisotopic (exact) mass is 474 g/mol. The number of rotatable bonds is 6. The Morgan fingerprint density at radius 2 is 1.21 bits per heavy atom. The first-order valence-electron chi connectivity index (χ1n) is 11.6. The molecule has 9 nitrogen and oxygen atoms in total. The maximum absolute atomic E-state index is 5.88. The molecule has 2 aromatic rings. The van der Waals surface area contributed by atoms with Crippen molar-refractivity contribution in [2.75, 3.05) is 87.1 Å². The van der Waals surface area contributed by atoms with E-state index in [1.54, 1.807) is 0 Å². The number of likely N-dealkylation sites (N-methyl/N-ethyl adjacent to an activating group) is 1. The molecule has 9 heteroatoms. The maximum atomic E-state index is 5.88. The largest absolute Gasteiger partial charge is 0.488 e. The van der Waals surface area contributed by atoms with Gasteiger partial charge in [0.05, 0.1) is 72.2 Å². The molecule has 0 N–H and O–H groups in total. The van der Waals surface area contributed by atoms with Gasteiger partial charge in [-0.15, -0.1) is 0 Å². The normalized spacial score (nSPS) is 16.6. The van der Waals surface area contributed by atoms with Gasteiger partial charge in [-0.05, 0) is 36.4 Å². The molecule has 1 heterocycles. The SMILES string of the molecule is C[N+](C)(C)CCOc1ccc(N=Nc2ccc3c(c2)OCCOCCOCCOCCO3)cc1. The number of nitrogens with zero attached hydrogens (tertiary/aromatic N) is 3. The highest BCUT2D eigenvalue weighted by Crippen LogP contribution is 2.32. The lowest BCUT2D eigenvalue weighted by Gasteiger charge is -2.23. The predicted octanol–water partition coefficient (Wildman–Crippen LogP) is 4.01. The minimum atomic E-state index is 0.392. The van der Waals surface area contributed by atoms with Gasteiger partial charge < -0.3 is 32.9 Å². The van der Waals surface area contributed by atoms with Crippen LogP contribution >= 0.6 is 0 Å². The first-order chi connectivity index (χ1) is 16.5. The quantitative estimate of drug-likeness (QED) is 0.465. The van der Waals surface area contributed by atoms with Crippen LogP contribution in [0.1, 0.15) is 0 Å². The lowest BCUT2D eigenvalue weighted by Crippen LogP contribution is -2.38. The van der Waals surface area contributed by atoms with Crippen LogP contribution in [-0.2, 0) is 14.2 Å². The number of azo groups is 1. The molecule has 0 bridgehead atoms. The van der Waals surface area contributed by atoms with Crippen LogP contribution in [0.4, 0.5) is 11.4 Å². The smallest absolute Gasteiger partial charge is 0.163 e. The highest BCUT2D eigenvalue weighted by Gasteiger charge is 2.09. The number of quaternary nitrogens is 1. The third-order valence-corrected chi connectivity index (χ3v) is 4.79. The molecule has 0 unspecified atom stereocenters. The Kier molecular flexibility index (Phi) is 10.6. The van der Waals surface area contributed by atoms with E-state index in [4.69, 9.17) is 28.4 Å². The summed E-state index contributed by atoms with van der Waals surface area (Å²) in [6.07, 6.45) is 0. The summed E-state index contributed by atoms with van der Waals surface area (Å²) in [5.41, 5.74) is 1.40. The van der Waals surface area contributed by atoms with Gasteiger partial charge in [0.25, 0.3) is 0 Å². The van der Waals surface area contributed by atoms with Crippen molar-refractivity contribution >= 4 is 11.4 Å². The summed E-state index contributed by atoms with van der Waals surface area (Å²) in [5.74, 6) is 2.04. The van der Waals surface area contributed by atoms with Crippen molar-refractivity contribution in [3.8, 4) is 17.2 Å². The maximum Gasteiger partial charge on any atom is 0.163 e. The standard InChI is InChI=1S/C25H36N3O6/c1-28(2,3)10-11-32-23-7-4-21(5-8-23)26-27-22-6-9-24-25(20-22)34-19-17-31-15-13-29-12-14-30-16-18-33-24/h4-9,20H,10-19H2,1-3H3/q+1. The minimum Gasteiger partial charge on any atom is -0.488 e. The van der Waals surface area contributed by atoms with Gasteiger partial charge in [0.2, 0.25) is 0 Å². The molecule has 0 radical (unpaired) electrons. The van der Waals surface area contributed by atoms with E-state index in [2.05, 4.69) is 31.4 Å². The van der Waals surface area contributed by atoms with E-state index in [1.165, 1.54) is 0 Å². The molecule has 0 aromatic heterocycles. The molecule has 2 aromatic carbocycles. The van der Waals surface area contributed by atoms with Gasteiger partial charge in [-0.3, -0.25) is 0 Å². The second-order valence-corrected chi connectivity index (χ2v) is 8.72. The molecule has 1 aliphatic heterocycles. The fraction of sp³-hybridized carbons (Fsp3) is 0.520. The molecule has 0 atom stereocenters. The molecular formula is C25H36N3O6+. The third-order valence-electron chi connectivity index (χ3n) is 4.79. The van der Waals surface area contributed by atoms with Crippen molar-refractivity contribution in [1.29, 1.82) is 0 Å². The molecular weight excluding hydrogens is 438 g/mol. The van der Waals surface area contributed by atoms with Crippen LogP contribution in [0.2, 0.25) is 0 Å². The lowest BCUT2D eigenvalue weighted by molar-refractivity contribution is -0.870. The molecule has 0 saturated heterocycles. The summed E-state index contributed by atoms with van der Waals surface area (Å²) < 4.78 is 34.8. The lowest BCUT2D eigenvalue weighted by atomic mass is 10.3. The molecule has 1 aliphatic rings. The van der Waals surface area contributed by atoms with Gasteiger partial charge >= 0.3 is 0 Å². The zero-order valence-corrected chi connectivity index (χ0v) is 20.4. The zero-order chi connectivity index (χ0) is 24.1. The van der Waals surface area contributed by atoms with Crippen LogP contribution in [0.25, 0.3) is 0 Å². The molecule has 0 saturated carbocycles. The summed E-state index contributed by atoms with van der Waals surface area (Å²) in [6, 6.07) is 13.0. The Labute approximate surface area is 201 Å². The second-order valence-electron chi connectivity index (χ2n) is 8.72. The zero-order valence-electron chi connectivity index (χ0n) is 20.4. The molecule has 34 heavy (non-hydrogen) atoms. The van der Waals surface area contributed by atoms with E-state index in [0.717, 1.165) is 22.5 Å². The molecule has 0 spiro atoms. The van der Waals surface area contributed by atoms with Crippen molar-refractivity contribution < 1.29 is 32.9 Å². The van der Waals surface area contributed by atoms with Crippen LogP contribution in [0, 0.1) is 0 Å². The third kappa shape index (κ3) is 10.0. The first kappa shape index (κ1) is 25.9. The van der Waals surface area contributed by atoms with Gasteiger partial charge in [0, 0.05) is 6.07 Å². The van der Waals surface area contributed by atoms with E-state index < -0.39 is 0 Å². The van der Waals surface area contributed by atoms with Crippen molar-refractivity contribution in [2.24, 2.45) is 10.2 Å². The highest BCUT2D eigenvalue weighted by atomic mass is 16.6. The fourth-order valence-electron chi connectivity index (χ4n) is 2.92. The average molecular weight is 475 g/mol. The predicted molar refractivity (Wildman–Crippen MR) is 129 cm³/mol. The van der Waals surface area contributed by atoms with Gasteiger partial charge in [-0.25, -0.2) is 0 Å². The Bertz CT molecular complexity index is 883. The first-order valence-corrected chi connectivity index (χ1v) is 11.6. The average Bonchev–Trinajstić information content (AvgIpc) is 2.82. The summed E-state index contributed by atoms with van der Waals surface area (Å²) >= 11 is 0. The van der Waals surface area contributed by atoms with E-state index in [1.807, 2.05) is 42.5 Å². The summed E-state index contributed by atoms with van der Waals surface area (Å²) in [5, 5.41) is 8.69. The topological polar surface area (TPSA) is 80.1 Å². The van der Waals surface area contributed by atoms with Crippen LogP contribution in [0.3, 0.4) is 0 Å². The van der Waals surface area contributed by atoms with Gasteiger partial charge in [0.15, 0.2) is 11.5 Å². The number of ether oxygens (including phenoxy) is 6. The van der Waals surface area contributed by atoms with E-state index >= 15 is 0 Å². The van der Waals surface area contributed by atoms with Crippen molar-refractivity contribution in [3.63, 3.8) is 0 Å². The Hall–Kier alpha value is -2.72. The summed E-state index contributed by atoms with van der Waals surface area (Å²) in [6.45, 7) is 5.42. The summed E-state index contributed by atoms with van der Waals surface area (Å²) in [4.78, 5) is 0. The highest BCUT2D eigenvalue weighted by molar-refractivity contribution is 5.52. The van der Waals surface area contributed by atoms with Gasteiger partial charge in [-0.1, -0.05) is 0 Å². The van der Waals surface area contributed by atoms with Crippen LogP contribution in [-0.4, -0.2) is 91.6 Å².